The highest BCUT2D eigenvalue weighted by atomic mass is 16.5. The van der Waals surface area contributed by atoms with E-state index in [-0.39, 0.29) is 0 Å². The Bertz CT molecular complexity index is 776. The molecular weight excluding hydrogens is 298 g/mol. The first-order valence-electron chi connectivity index (χ1n) is 8.46. The van der Waals surface area contributed by atoms with E-state index in [1.807, 2.05) is 30.4 Å². The van der Waals surface area contributed by atoms with Crippen molar-refractivity contribution in [3.63, 3.8) is 0 Å². The zero-order valence-electron chi connectivity index (χ0n) is 14.3. The molecule has 0 saturated heterocycles. The smallest absolute Gasteiger partial charge is 0.203 e. The van der Waals surface area contributed by atoms with Crippen LogP contribution < -0.4 is 5.73 Å². The third-order valence-electron chi connectivity index (χ3n) is 4.36. The Balaban J connectivity index is 2.00. The molecule has 0 amide bonds. The fourth-order valence-corrected chi connectivity index (χ4v) is 2.98. The van der Waals surface area contributed by atoms with Crippen LogP contribution in [0.15, 0.2) is 59.3 Å². The van der Waals surface area contributed by atoms with Crippen LogP contribution in [0.5, 0.6) is 0 Å². The summed E-state index contributed by atoms with van der Waals surface area (Å²) in [6.07, 6.45) is 8.15. The van der Waals surface area contributed by atoms with Crippen LogP contribution in [0.2, 0.25) is 0 Å². The maximum Gasteiger partial charge on any atom is 0.203 e. The molecule has 0 saturated carbocycles. The van der Waals surface area contributed by atoms with Crippen molar-refractivity contribution in [3.8, 4) is 0 Å². The molecule has 1 aromatic rings. The molecule has 4 heteroatoms. The van der Waals surface area contributed by atoms with Gasteiger partial charge in [-0.2, -0.15) is 0 Å². The number of hydrogen-bond acceptors (Lipinski definition) is 3. The van der Waals surface area contributed by atoms with E-state index in [0.29, 0.717) is 13.2 Å². The SMILES string of the molecule is CC[N+](CC)=C1C=CC2=NCc3ccccc3C(N)=CCOC2=C1. The lowest BCUT2D eigenvalue weighted by Gasteiger charge is -2.16. The number of allylic oxidation sites excluding steroid dienone is 3. The molecule has 2 N–H and O–H groups in total. The summed E-state index contributed by atoms with van der Waals surface area (Å²) in [5.41, 5.74) is 11.2. The molecule has 1 aliphatic heterocycles. The highest BCUT2D eigenvalue weighted by Crippen LogP contribution is 2.20. The molecule has 124 valence electrons. The van der Waals surface area contributed by atoms with Crippen molar-refractivity contribution < 1.29 is 9.31 Å². The molecule has 2 aliphatic rings. The lowest BCUT2D eigenvalue weighted by Crippen LogP contribution is -2.22. The lowest BCUT2D eigenvalue weighted by molar-refractivity contribution is -0.519. The second kappa shape index (κ2) is 7.30. The van der Waals surface area contributed by atoms with Crippen LogP contribution >= 0.6 is 0 Å². The molecule has 0 unspecified atom stereocenters. The van der Waals surface area contributed by atoms with Crippen molar-refractivity contribution in [1.82, 2.24) is 0 Å². The number of benzene rings is 1. The monoisotopic (exact) mass is 322 g/mol. The van der Waals surface area contributed by atoms with Crippen molar-refractivity contribution in [1.29, 1.82) is 0 Å². The Morgan fingerprint density at radius 3 is 2.75 bits per heavy atom. The van der Waals surface area contributed by atoms with Crippen LogP contribution in [0.1, 0.15) is 25.0 Å². The fourth-order valence-electron chi connectivity index (χ4n) is 2.98. The van der Waals surface area contributed by atoms with Crippen molar-refractivity contribution in [2.75, 3.05) is 19.7 Å². The first-order chi connectivity index (χ1) is 11.7. The summed E-state index contributed by atoms with van der Waals surface area (Å²) in [4.78, 5) is 4.75. The molecule has 4 nitrogen and oxygen atoms in total. The Labute approximate surface area is 143 Å². The van der Waals surface area contributed by atoms with Crippen molar-refractivity contribution in [2.45, 2.75) is 20.4 Å². The van der Waals surface area contributed by atoms with Gasteiger partial charge in [0.15, 0.2) is 5.76 Å². The van der Waals surface area contributed by atoms with Gasteiger partial charge in [-0.3, -0.25) is 4.99 Å². The minimum absolute atomic E-state index is 0.435. The number of rotatable bonds is 2. The Morgan fingerprint density at radius 2 is 1.96 bits per heavy atom. The van der Waals surface area contributed by atoms with E-state index in [9.17, 15) is 0 Å². The predicted molar refractivity (Wildman–Crippen MR) is 99.3 cm³/mol. The number of nitrogens with two attached hydrogens (primary N) is 1. The molecule has 3 rings (SSSR count). The summed E-state index contributed by atoms with van der Waals surface area (Å²) in [7, 11) is 0. The Morgan fingerprint density at radius 1 is 1.17 bits per heavy atom. The molecule has 0 radical (unpaired) electrons. The summed E-state index contributed by atoms with van der Waals surface area (Å²) < 4.78 is 8.25. The van der Waals surface area contributed by atoms with E-state index >= 15 is 0 Å². The van der Waals surface area contributed by atoms with Crippen LogP contribution in [0.4, 0.5) is 0 Å². The minimum atomic E-state index is 0.435. The summed E-state index contributed by atoms with van der Waals surface area (Å²) >= 11 is 0. The zero-order chi connectivity index (χ0) is 16.9. The molecular formula is C20H24N3O+. The van der Waals surface area contributed by atoms with Gasteiger partial charge in [-0.05, 0) is 31.6 Å². The molecule has 0 spiro atoms. The quantitative estimate of drug-likeness (QED) is 0.672. The molecule has 1 aromatic carbocycles. The van der Waals surface area contributed by atoms with Gasteiger partial charge in [-0.25, -0.2) is 4.58 Å². The van der Waals surface area contributed by atoms with Gasteiger partial charge >= 0.3 is 0 Å². The first kappa shape index (κ1) is 16.2. The van der Waals surface area contributed by atoms with Gasteiger partial charge in [0.2, 0.25) is 5.71 Å². The fraction of sp³-hybridized carbons (Fsp3) is 0.300. The van der Waals surface area contributed by atoms with Crippen LogP contribution in [0.3, 0.4) is 0 Å². The molecule has 0 fully saturated rings. The van der Waals surface area contributed by atoms with E-state index in [4.69, 9.17) is 15.5 Å². The van der Waals surface area contributed by atoms with Gasteiger partial charge in [-0.1, -0.05) is 24.3 Å². The van der Waals surface area contributed by atoms with Crippen LogP contribution in [0, 0.1) is 0 Å². The molecule has 0 bridgehead atoms. The van der Waals surface area contributed by atoms with Gasteiger partial charge in [0, 0.05) is 17.3 Å². The number of hydrogen-bond donors (Lipinski definition) is 1. The second-order valence-corrected chi connectivity index (χ2v) is 5.77. The summed E-state index contributed by atoms with van der Waals surface area (Å²) in [6, 6.07) is 8.12. The van der Waals surface area contributed by atoms with E-state index < -0.39 is 0 Å². The van der Waals surface area contributed by atoms with E-state index in [1.54, 1.807) is 0 Å². The average Bonchev–Trinajstić information content (AvgIpc) is 2.62. The minimum Gasteiger partial charge on any atom is -0.487 e. The van der Waals surface area contributed by atoms with Crippen molar-refractivity contribution in [2.24, 2.45) is 10.7 Å². The van der Waals surface area contributed by atoms with Crippen molar-refractivity contribution in [3.05, 3.63) is 65.5 Å². The number of aliphatic imine (C=N–C) groups is 1. The van der Waals surface area contributed by atoms with Crippen molar-refractivity contribution >= 4 is 17.1 Å². The molecule has 1 heterocycles. The molecule has 24 heavy (non-hydrogen) atoms. The highest BCUT2D eigenvalue weighted by molar-refractivity contribution is 6.19. The van der Waals surface area contributed by atoms with Gasteiger partial charge in [0.25, 0.3) is 0 Å². The van der Waals surface area contributed by atoms with Crippen LogP contribution in [-0.4, -0.2) is 35.7 Å². The molecule has 0 aromatic heterocycles. The summed E-state index contributed by atoms with van der Waals surface area (Å²) in [5.74, 6) is 0.808. The average molecular weight is 322 g/mol. The van der Waals surface area contributed by atoms with Crippen LogP contribution in [0.25, 0.3) is 5.70 Å². The molecule has 0 atom stereocenters. The standard InChI is InChI=1S/C20H24N3O/c1-3-23(4-2)16-9-10-19-20(13-16)24-12-11-18(21)17-8-6-5-7-15(17)14-22-19/h5-11,13H,3-4,12,14,21H2,1-2H3/q+1. The normalized spacial score (nSPS) is 16.9. The maximum absolute atomic E-state index is 6.21. The van der Waals surface area contributed by atoms with E-state index in [1.165, 1.54) is 0 Å². The predicted octanol–water partition coefficient (Wildman–Crippen LogP) is 2.90. The molecule has 1 aliphatic carbocycles. The third-order valence-corrected chi connectivity index (χ3v) is 4.36. The van der Waals surface area contributed by atoms with Gasteiger partial charge < -0.3 is 10.5 Å². The van der Waals surface area contributed by atoms with Crippen LogP contribution in [-0.2, 0) is 11.3 Å². The number of nitrogens with zero attached hydrogens (tertiary/aromatic N) is 2. The Kier molecular flexibility index (Phi) is 4.94. The lowest BCUT2D eigenvalue weighted by atomic mass is 10.0. The maximum atomic E-state index is 6.21. The third kappa shape index (κ3) is 3.32. The second-order valence-electron chi connectivity index (χ2n) is 5.77. The summed E-state index contributed by atoms with van der Waals surface area (Å²) in [6.45, 7) is 7.26. The summed E-state index contributed by atoms with van der Waals surface area (Å²) in [5, 5.41) is 0. The van der Waals surface area contributed by atoms with Gasteiger partial charge in [-0.15, -0.1) is 0 Å². The van der Waals surface area contributed by atoms with Gasteiger partial charge in [0.05, 0.1) is 12.6 Å². The number of fused-ring (bicyclic) bond motifs is 2. The van der Waals surface area contributed by atoms with E-state index in [0.717, 1.165) is 47.1 Å². The Hall–Kier alpha value is -2.62. The van der Waals surface area contributed by atoms with Gasteiger partial charge in [0.1, 0.15) is 25.4 Å². The number of ether oxygens (including phenoxy) is 1. The first-order valence-corrected chi connectivity index (χ1v) is 8.46. The largest absolute Gasteiger partial charge is 0.487 e. The van der Waals surface area contributed by atoms with E-state index in [2.05, 4.69) is 36.6 Å². The zero-order valence-corrected chi connectivity index (χ0v) is 14.3. The highest BCUT2D eigenvalue weighted by Gasteiger charge is 2.18. The topological polar surface area (TPSA) is 50.6 Å².